The van der Waals surface area contributed by atoms with E-state index in [1.54, 1.807) is 29.7 Å². The molecule has 1 amide bonds. The molecule has 2 aromatic rings. The molecule has 0 saturated heterocycles. The lowest BCUT2D eigenvalue weighted by Gasteiger charge is -2.09. The maximum atomic E-state index is 12.2. The van der Waals surface area contributed by atoms with Crippen LogP contribution in [0.1, 0.15) is 34.0 Å². The first-order valence-corrected chi connectivity index (χ1v) is 7.61. The Morgan fingerprint density at radius 1 is 1.25 bits per heavy atom. The number of rotatable bonds is 6. The first kappa shape index (κ1) is 14.5. The van der Waals surface area contributed by atoms with Gasteiger partial charge in [0.05, 0.1) is 12.1 Å². The Morgan fingerprint density at radius 3 is 2.75 bits per heavy atom. The molecular weight excluding hydrogens is 270 g/mol. The van der Waals surface area contributed by atoms with Crippen LogP contribution in [0.15, 0.2) is 30.5 Å². The number of anilines is 1. The van der Waals surface area contributed by atoms with Gasteiger partial charge in [0, 0.05) is 22.5 Å². The molecule has 0 atom stereocenters. The van der Waals surface area contributed by atoms with Gasteiger partial charge in [0.25, 0.3) is 5.91 Å². The lowest BCUT2D eigenvalue weighted by molar-refractivity contribution is 0.0952. The van der Waals surface area contributed by atoms with Gasteiger partial charge < -0.3 is 10.6 Å². The quantitative estimate of drug-likeness (QED) is 0.859. The molecule has 0 radical (unpaired) electrons. The third kappa shape index (κ3) is 3.57. The van der Waals surface area contributed by atoms with Crippen LogP contribution < -0.4 is 10.6 Å². The van der Waals surface area contributed by atoms with Gasteiger partial charge in [-0.2, -0.15) is 0 Å². The van der Waals surface area contributed by atoms with Gasteiger partial charge in [-0.05, 0) is 37.6 Å². The van der Waals surface area contributed by atoms with Gasteiger partial charge >= 0.3 is 0 Å². The van der Waals surface area contributed by atoms with E-state index in [1.807, 2.05) is 6.92 Å². The third-order valence-electron chi connectivity index (χ3n) is 2.89. The van der Waals surface area contributed by atoms with Crippen molar-refractivity contribution in [2.24, 2.45) is 0 Å². The molecule has 0 bridgehead atoms. The molecule has 0 spiro atoms. The minimum Gasteiger partial charge on any atom is -0.370 e. The summed E-state index contributed by atoms with van der Waals surface area (Å²) >= 11 is 1.74. The van der Waals surface area contributed by atoms with Crippen LogP contribution in [0.5, 0.6) is 0 Å². The van der Waals surface area contributed by atoms with Crippen LogP contribution in [0.3, 0.4) is 0 Å². The molecule has 0 fully saturated rings. The molecule has 0 aromatic carbocycles. The first-order chi connectivity index (χ1) is 9.74. The van der Waals surface area contributed by atoms with Crippen molar-refractivity contribution in [3.05, 3.63) is 45.8 Å². The Hall–Kier alpha value is -1.88. The van der Waals surface area contributed by atoms with E-state index in [2.05, 4.69) is 34.7 Å². The van der Waals surface area contributed by atoms with Gasteiger partial charge in [0.1, 0.15) is 5.82 Å². The highest BCUT2D eigenvalue weighted by molar-refractivity contribution is 7.11. The number of nitrogens with zero attached hydrogens (tertiary/aromatic N) is 1. The molecule has 0 saturated carbocycles. The van der Waals surface area contributed by atoms with Crippen LogP contribution in [0.25, 0.3) is 0 Å². The number of nitrogens with one attached hydrogen (secondary N) is 2. The van der Waals surface area contributed by atoms with E-state index >= 15 is 0 Å². The zero-order chi connectivity index (χ0) is 14.4. The fourth-order valence-corrected chi connectivity index (χ4v) is 2.76. The van der Waals surface area contributed by atoms with E-state index in [0.717, 1.165) is 13.0 Å². The summed E-state index contributed by atoms with van der Waals surface area (Å²) in [6, 6.07) is 7.74. The highest BCUT2D eigenvalue weighted by atomic mass is 32.1. The summed E-state index contributed by atoms with van der Waals surface area (Å²) in [5, 5.41) is 6.04. The molecule has 20 heavy (non-hydrogen) atoms. The Labute approximate surface area is 123 Å². The number of aryl methyl sites for hydroxylation is 1. The van der Waals surface area contributed by atoms with Crippen LogP contribution >= 0.6 is 11.3 Å². The van der Waals surface area contributed by atoms with Gasteiger partial charge in [0.15, 0.2) is 0 Å². The van der Waals surface area contributed by atoms with E-state index < -0.39 is 0 Å². The zero-order valence-electron chi connectivity index (χ0n) is 11.8. The molecule has 2 heterocycles. The number of amides is 1. The number of hydrogen-bond donors (Lipinski definition) is 2. The van der Waals surface area contributed by atoms with Crippen molar-refractivity contribution in [3.63, 3.8) is 0 Å². The summed E-state index contributed by atoms with van der Waals surface area (Å²) in [5.41, 5.74) is 0.585. The van der Waals surface area contributed by atoms with Crippen molar-refractivity contribution in [2.75, 3.05) is 11.9 Å². The SMILES string of the molecule is CCNc1ncccc1C(=O)NCc1ccc(CC)s1. The number of aromatic nitrogens is 1. The van der Waals surface area contributed by atoms with Gasteiger partial charge in [0.2, 0.25) is 0 Å². The van der Waals surface area contributed by atoms with Crippen molar-refractivity contribution in [1.82, 2.24) is 10.3 Å². The summed E-state index contributed by atoms with van der Waals surface area (Å²) in [5.74, 6) is 0.536. The van der Waals surface area contributed by atoms with Crippen LogP contribution in [0, 0.1) is 0 Å². The topological polar surface area (TPSA) is 54.0 Å². The second-order valence-electron chi connectivity index (χ2n) is 4.33. The van der Waals surface area contributed by atoms with Crippen molar-refractivity contribution < 1.29 is 4.79 Å². The maximum absolute atomic E-state index is 12.2. The molecule has 2 aromatic heterocycles. The van der Waals surface area contributed by atoms with Crippen LogP contribution in [0.4, 0.5) is 5.82 Å². The lowest BCUT2D eigenvalue weighted by Crippen LogP contribution is -2.23. The van der Waals surface area contributed by atoms with Crippen LogP contribution in [-0.2, 0) is 13.0 Å². The molecule has 0 aliphatic rings. The summed E-state index contributed by atoms with van der Waals surface area (Å²) in [6.07, 6.45) is 2.72. The Bertz CT molecular complexity index is 580. The fraction of sp³-hybridized carbons (Fsp3) is 0.333. The van der Waals surface area contributed by atoms with E-state index in [9.17, 15) is 4.79 Å². The monoisotopic (exact) mass is 289 g/mol. The Balaban J connectivity index is 2.01. The number of hydrogen-bond acceptors (Lipinski definition) is 4. The summed E-state index contributed by atoms with van der Waals surface area (Å²) < 4.78 is 0. The van der Waals surface area contributed by atoms with Gasteiger partial charge in [-0.3, -0.25) is 4.79 Å². The average molecular weight is 289 g/mol. The second-order valence-corrected chi connectivity index (χ2v) is 5.59. The van der Waals surface area contributed by atoms with Crippen molar-refractivity contribution in [3.8, 4) is 0 Å². The molecule has 2 rings (SSSR count). The van der Waals surface area contributed by atoms with E-state index in [-0.39, 0.29) is 5.91 Å². The minimum absolute atomic E-state index is 0.0968. The smallest absolute Gasteiger partial charge is 0.255 e. The van der Waals surface area contributed by atoms with E-state index in [1.165, 1.54) is 9.75 Å². The molecule has 0 unspecified atom stereocenters. The predicted octanol–water partition coefficient (Wildman–Crippen LogP) is 3.07. The lowest BCUT2D eigenvalue weighted by atomic mass is 10.2. The molecular formula is C15H19N3OS. The summed E-state index contributed by atoms with van der Waals surface area (Å²) in [7, 11) is 0. The largest absolute Gasteiger partial charge is 0.370 e. The van der Waals surface area contributed by atoms with Crippen LogP contribution in [0.2, 0.25) is 0 Å². The molecule has 0 aliphatic carbocycles. The van der Waals surface area contributed by atoms with Gasteiger partial charge in [-0.1, -0.05) is 6.92 Å². The highest BCUT2D eigenvalue weighted by Crippen LogP contribution is 2.17. The predicted molar refractivity (Wildman–Crippen MR) is 83.3 cm³/mol. The molecule has 2 N–H and O–H groups in total. The normalized spacial score (nSPS) is 10.3. The Kier molecular flexibility index (Phi) is 5.12. The van der Waals surface area contributed by atoms with E-state index in [4.69, 9.17) is 0 Å². The summed E-state index contributed by atoms with van der Waals surface area (Å²) in [4.78, 5) is 18.9. The molecule has 4 nitrogen and oxygen atoms in total. The summed E-state index contributed by atoms with van der Waals surface area (Å²) in [6.45, 7) is 5.41. The number of carbonyl (C=O) groups excluding carboxylic acids is 1. The first-order valence-electron chi connectivity index (χ1n) is 6.79. The van der Waals surface area contributed by atoms with Crippen molar-refractivity contribution >= 4 is 23.1 Å². The molecule has 0 aliphatic heterocycles. The minimum atomic E-state index is -0.0968. The third-order valence-corrected chi connectivity index (χ3v) is 4.12. The maximum Gasteiger partial charge on any atom is 0.255 e. The second kappa shape index (κ2) is 7.05. The Morgan fingerprint density at radius 2 is 2.05 bits per heavy atom. The fourth-order valence-electron chi connectivity index (χ4n) is 1.87. The van der Waals surface area contributed by atoms with Crippen molar-refractivity contribution in [2.45, 2.75) is 26.8 Å². The average Bonchev–Trinajstić information content (AvgIpc) is 2.94. The van der Waals surface area contributed by atoms with Crippen molar-refractivity contribution in [1.29, 1.82) is 0 Å². The molecule has 5 heteroatoms. The number of carbonyl (C=O) groups is 1. The van der Waals surface area contributed by atoms with Crippen LogP contribution in [-0.4, -0.2) is 17.4 Å². The van der Waals surface area contributed by atoms with Gasteiger partial charge in [-0.25, -0.2) is 4.98 Å². The highest BCUT2D eigenvalue weighted by Gasteiger charge is 2.11. The number of pyridine rings is 1. The standard InChI is InChI=1S/C15H19N3OS/c1-3-11-7-8-12(20-11)10-18-15(19)13-6-5-9-17-14(13)16-4-2/h5-9H,3-4,10H2,1-2H3,(H,16,17)(H,18,19). The number of thiophene rings is 1. The molecule has 106 valence electrons. The van der Waals surface area contributed by atoms with E-state index in [0.29, 0.717) is 17.9 Å². The zero-order valence-corrected chi connectivity index (χ0v) is 12.6. The van der Waals surface area contributed by atoms with Gasteiger partial charge in [-0.15, -0.1) is 11.3 Å².